The highest BCUT2D eigenvalue weighted by Gasteiger charge is 2.26. The predicted molar refractivity (Wildman–Crippen MR) is 110 cm³/mol. The molecule has 0 radical (unpaired) electrons. The van der Waals surface area contributed by atoms with Gasteiger partial charge >= 0.3 is 0 Å². The molecule has 0 aliphatic carbocycles. The molecule has 0 aliphatic heterocycles. The second kappa shape index (κ2) is 9.07. The van der Waals surface area contributed by atoms with Crippen molar-refractivity contribution >= 4 is 15.9 Å². The summed E-state index contributed by atoms with van der Waals surface area (Å²) in [4.78, 5) is 14.5. The standard InChI is InChI=1S/C22H24N2O4S/c1-17-10-12-19(13-11-17)29(26,27)23-20(21-9-6-14-28-21)15-22(25)24(2)16-18-7-4-3-5-8-18/h3-14,20,23H,15-16H2,1-2H3/t20-/m0/s1. The minimum absolute atomic E-state index is 0.0536. The number of aryl methyl sites for hydroxylation is 1. The largest absolute Gasteiger partial charge is 0.468 e. The first kappa shape index (κ1) is 20.8. The van der Waals surface area contributed by atoms with Crippen LogP contribution < -0.4 is 4.72 Å². The van der Waals surface area contributed by atoms with E-state index in [4.69, 9.17) is 4.42 Å². The molecular weight excluding hydrogens is 388 g/mol. The van der Waals surface area contributed by atoms with Gasteiger partial charge in [-0.1, -0.05) is 48.0 Å². The van der Waals surface area contributed by atoms with E-state index in [1.807, 2.05) is 37.3 Å². The van der Waals surface area contributed by atoms with E-state index in [0.29, 0.717) is 12.3 Å². The molecule has 1 amide bonds. The van der Waals surface area contributed by atoms with Gasteiger partial charge < -0.3 is 9.32 Å². The van der Waals surface area contributed by atoms with E-state index in [-0.39, 0.29) is 17.2 Å². The molecule has 6 nitrogen and oxygen atoms in total. The Morgan fingerprint density at radius 3 is 2.34 bits per heavy atom. The van der Waals surface area contributed by atoms with Gasteiger partial charge in [-0.05, 0) is 36.8 Å². The van der Waals surface area contributed by atoms with Crippen LogP contribution in [0.2, 0.25) is 0 Å². The van der Waals surface area contributed by atoms with E-state index in [1.165, 1.54) is 6.26 Å². The van der Waals surface area contributed by atoms with Gasteiger partial charge in [0.25, 0.3) is 0 Å². The molecule has 1 heterocycles. The number of hydrogen-bond donors (Lipinski definition) is 1. The number of nitrogens with one attached hydrogen (secondary N) is 1. The van der Waals surface area contributed by atoms with Crippen LogP contribution in [0.25, 0.3) is 0 Å². The highest BCUT2D eigenvalue weighted by molar-refractivity contribution is 7.89. The highest BCUT2D eigenvalue weighted by Crippen LogP contribution is 2.22. The van der Waals surface area contributed by atoms with Crippen molar-refractivity contribution in [2.45, 2.75) is 30.8 Å². The van der Waals surface area contributed by atoms with E-state index in [1.54, 1.807) is 48.3 Å². The van der Waals surface area contributed by atoms with Crippen molar-refractivity contribution in [1.29, 1.82) is 0 Å². The molecule has 0 bridgehead atoms. The summed E-state index contributed by atoms with van der Waals surface area (Å²) in [5.74, 6) is 0.198. The van der Waals surface area contributed by atoms with Crippen molar-refractivity contribution in [3.63, 3.8) is 0 Å². The minimum atomic E-state index is -3.81. The van der Waals surface area contributed by atoms with Gasteiger partial charge in [-0.3, -0.25) is 4.79 Å². The Morgan fingerprint density at radius 1 is 1.03 bits per heavy atom. The summed E-state index contributed by atoms with van der Waals surface area (Å²) in [6, 6.07) is 18.7. The molecule has 3 aromatic rings. The number of amides is 1. The zero-order chi connectivity index (χ0) is 20.9. The number of hydrogen-bond acceptors (Lipinski definition) is 4. The third kappa shape index (κ3) is 5.56. The van der Waals surface area contributed by atoms with Crippen LogP contribution in [0.1, 0.15) is 29.3 Å². The number of furan rings is 1. The summed E-state index contributed by atoms with van der Waals surface area (Å²) in [6.45, 7) is 2.33. The normalized spacial score (nSPS) is 12.5. The number of carbonyl (C=O) groups is 1. The number of rotatable bonds is 8. The lowest BCUT2D eigenvalue weighted by Gasteiger charge is -2.21. The Kier molecular flexibility index (Phi) is 6.51. The summed E-state index contributed by atoms with van der Waals surface area (Å²) in [5, 5.41) is 0. The lowest BCUT2D eigenvalue weighted by molar-refractivity contribution is -0.131. The average Bonchev–Trinajstić information content (AvgIpc) is 3.23. The van der Waals surface area contributed by atoms with Gasteiger partial charge in [0, 0.05) is 13.6 Å². The third-order valence-corrected chi connectivity index (χ3v) is 6.07. The fraction of sp³-hybridized carbons (Fsp3) is 0.227. The predicted octanol–water partition coefficient (Wildman–Crippen LogP) is 3.66. The van der Waals surface area contributed by atoms with Crippen molar-refractivity contribution in [1.82, 2.24) is 9.62 Å². The van der Waals surface area contributed by atoms with Crippen LogP contribution >= 0.6 is 0 Å². The van der Waals surface area contributed by atoms with Crippen molar-refractivity contribution < 1.29 is 17.6 Å². The van der Waals surface area contributed by atoms with E-state index in [9.17, 15) is 13.2 Å². The molecule has 0 aliphatic rings. The summed E-state index contributed by atoms with van der Waals surface area (Å²) in [6.07, 6.45) is 1.41. The van der Waals surface area contributed by atoms with Crippen LogP contribution in [0.3, 0.4) is 0 Å². The van der Waals surface area contributed by atoms with Crippen LogP contribution in [0, 0.1) is 6.92 Å². The van der Waals surface area contributed by atoms with Crippen molar-refractivity contribution in [2.75, 3.05) is 7.05 Å². The van der Waals surface area contributed by atoms with E-state index >= 15 is 0 Å². The first-order chi connectivity index (χ1) is 13.8. The molecule has 0 saturated heterocycles. The maximum atomic E-state index is 12.8. The molecule has 1 N–H and O–H groups in total. The average molecular weight is 413 g/mol. The lowest BCUT2D eigenvalue weighted by Crippen LogP contribution is -2.34. The van der Waals surface area contributed by atoms with Gasteiger partial charge in [-0.15, -0.1) is 0 Å². The van der Waals surface area contributed by atoms with Gasteiger partial charge in [-0.2, -0.15) is 4.72 Å². The Balaban J connectivity index is 1.75. The van der Waals surface area contributed by atoms with E-state index in [2.05, 4.69) is 4.72 Å². The van der Waals surface area contributed by atoms with Gasteiger partial charge in [0.2, 0.25) is 15.9 Å². The second-order valence-corrected chi connectivity index (χ2v) is 8.66. The molecule has 1 aromatic heterocycles. The van der Waals surface area contributed by atoms with Crippen LogP contribution in [-0.2, 0) is 21.4 Å². The molecule has 3 rings (SSSR count). The topological polar surface area (TPSA) is 79.6 Å². The zero-order valence-corrected chi connectivity index (χ0v) is 17.2. The van der Waals surface area contributed by atoms with Crippen molar-refractivity contribution in [2.24, 2.45) is 0 Å². The number of sulfonamides is 1. The molecule has 0 saturated carbocycles. The molecule has 0 fully saturated rings. The van der Waals surface area contributed by atoms with Crippen molar-refractivity contribution in [3.8, 4) is 0 Å². The Hall–Kier alpha value is -2.90. The zero-order valence-electron chi connectivity index (χ0n) is 16.4. The van der Waals surface area contributed by atoms with Crippen LogP contribution in [0.5, 0.6) is 0 Å². The van der Waals surface area contributed by atoms with Crippen LogP contribution in [0.4, 0.5) is 0 Å². The number of nitrogens with zero attached hydrogens (tertiary/aromatic N) is 1. The smallest absolute Gasteiger partial charge is 0.241 e. The van der Waals surface area contributed by atoms with Gasteiger partial charge in [-0.25, -0.2) is 8.42 Å². The summed E-state index contributed by atoms with van der Waals surface area (Å²) in [7, 11) is -2.12. The second-order valence-electron chi connectivity index (χ2n) is 6.94. The Bertz CT molecular complexity index is 1030. The maximum absolute atomic E-state index is 12.8. The van der Waals surface area contributed by atoms with E-state index < -0.39 is 16.1 Å². The molecule has 2 aromatic carbocycles. The molecule has 1 atom stereocenters. The number of carbonyl (C=O) groups excluding carboxylic acids is 1. The summed E-state index contributed by atoms with van der Waals surface area (Å²) < 4.78 is 33.6. The Labute approximate surface area is 171 Å². The quantitative estimate of drug-likeness (QED) is 0.612. The number of benzene rings is 2. The summed E-state index contributed by atoms with van der Waals surface area (Å²) >= 11 is 0. The van der Waals surface area contributed by atoms with Crippen LogP contribution in [0.15, 0.2) is 82.3 Å². The summed E-state index contributed by atoms with van der Waals surface area (Å²) in [5.41, 5.74) is 1.96. The molecular formula is C22H24N2O4S. The van der Waals surface area contributed by atoms with Gasteiger partial charge in [0.15, 0.2) is 0 Å². The third-order valence-electron chi connectivity index (χ3n) is 4.58. The van der Waals surface area contributed by atoms with Gasteiger partial charge in [0.05, 0.1) is 23.6 Å². The fourth-order valence-electron chi connectivity index (χ4n) is 2.94. The molecule has 29 heavy (non-hydrogen) atoms. The molecule has 0 spiro atoms. The molecule has 0 unspecified atom stereocenters. The minimum Gasteiger partial charge on any atom is -0.468 e. The first-order valence-electron chi connectivity index (χ1n) is 9.25. The maximum Gasteiger partial charge on any atom is 0.241 e. The highest BCUT2D eigenvalue weighted by atomic mass is 32.2. The molecule has 152 valence electrons. The van der Waals surface area contributed by atoms with Gasteiger partial charge in [0.1, 0.15) is 5.76 Å². The van der Waals surface area contributed by atoms with Crippen molar-refractivity contribution in [3.05, 3.63) is 89.9 Å². The van der Waals surface area contributed by atoms with E-state index in [0.717, 1.165) is 11.1 Å². The Morgan fingerprint density at radius 2 is 1.72 bits per heavy atom. The lowest BCUT2D eigenvalue weighted by atomic mass is 10.1. The van der Waals surface area contributed by atoms with Crippen LogP contribution in [-0.4, -0.2) is 26.3 Å². The molecule has 7 heteroatoms. The fourth-order valence-corrected chi connectivity index (χ4v) is 4.14. The monoisotopic (exact) mass is 412 g/mol. The SMILES string of the molecule is Cc1ccc(S(=O)(=O)N[C@@H](CC(=O)N(C)Cc2ccccc2)c2ccco2)cc1. The first-order valence-corrected chi connectivity index (χ1v) is 10.7.